The average Bonchev–Trinajstić information content (AvgIpc) is 3.33. The monoisotopic (exact) mass is 447 g/mol. The minimum Gasteiger partial charge on any atom is -0.313 e. The number of imidazole rings is 2. The van der Waals surface area contributed by atoms with Crippen LogP contribution in [0, 0.1) is 6.92 Å². The molecule has 172 valence electrons. The maximum absolute atomic E-state index is 12.4. The predicted molar refractivity (Wildman–Crippen MR) is 130 cm³/mol. The highest BCUT2D eigenvalue weighted by Gasteiger charge is 2.19. The summed E-state index contributed by atoms with van der Waals surface area (Å²) in [7, 11) is 1.62. The van der Waals surface area contributed by atoms with Crippen molar-refractivity contribution in [3.8, 4) is 0 Å². The molecule has 0 amide bonds. The Bertz CT molecular complexity index is 1420. The summed E-state index contributed by atoms with van der Waals surface area (Å²) in [5.41, 5.74) is 2.23. The molecular formula is C24H29N7O2. The minimum absolute atomic E-state index is 0.407. The van der Waals surface area contributed by atoms with Gasteiger partial charge in [-0.25, -0.2) is 4.79 Å². The molecule has 3 aromatic heterocycles. The highest BCUT2D eigenvalue weighted by molar-refractivity contribution is 5.75. The van der Waals surface area contributed by atoms with Gasteiger partial charge in [0.1, 0.15) is 0 Å². The van der Waals surface area contributed by atoms with Gasteiger partial charge in [-0.05, 0) is 12.5 Å². The molecule has 0 spiro atoms. The fraction of sp³-hybridized carbons (Fsp3) is 0.375. The molecule has 9 nitrogen and oxygen atoms in total. The van der Waals surface area contributed by atoms with E-state index in [1.54, 1.807) is 11.4 Å². The SMILES string of the molecule is Cc1cn2c3c(=O)[nH]c(=O)n(C)c3nc2n1CCN1CCN(CC=Cc2ccccc2)CC1. The smallest absolute Gasteiger partial charge is 0.313 e. The van der Waals surface area contributed by atoms with Crippen molar-refractivity contribution in [2.45, 2.75) is 13.5 Å². The number of aromatic nitrogens is 5. The van der Waals surface area contributed by atoms with Crippen molar-refractivity contribution in [2.24, 2.45) is 7.05 Å². The lowest BCUT2D eigenvalue weighted by atomic mass is 10.2. The van der Waals surface area contributed by atoms with Gasteiger partial charge < -0.3 is 4.57 Å². The van der Waals surface area contributed by atoms with E-state index >= 15 is 0 Å². The molecule has 1 aliphatic rings. The van der Waals surface area contributed by atoms with Crippen molar-refractivity contribution < 1.29 is 0 Å². The van der Waals surface area contributed by atoms with Crippen LogP contribution in [-0.4, -0.2) is 72.6 Å². The van der Waals surface area contributed by atoms with Gasteiger partial charge in [0, 0.05) is 64.8 Å². The zero-order valence-corrected chi connectivity index (χ0v) is 19.1. The fourth-order valence-electron chi connectivity index (χ4n) is 4.53. The molecule has 0 bridgehead atoms. The van der Waals surface area contributed by atoms with E-state index in [9.17, 15) is 9.59 Å². The largest absolute Gasteiger partial charge is 0.329 e. The Morgan fingerprint density at radius 3 is 2.52 bits per heavy atom. The summed E-state index contributed by atoms with van der Waals surface area (Å²) in [6.07, 6.45) is 6.34. The summed E-state index contributed by atoms with van der Waals surface area (Å²) < 4.78 is 5.30. The fourth-order valence-corrected chi connectivity index (χ4v) is 4.53. The van der Waals surface area contributed by atoms with E-state index in [-0.39, 0.29) is 0 Å². The van der Waals surface area contributed by atoms with E-state index in [2.05, 4.69) is 60.8 Å². The molecular weight excluding hydrogens is 418 g/mol. The molecule has 1 fully saturated rings. The van der Waals surface area contributed by atoms with Gasteiger partial charge in [0.2, 0.25) is 5.78 Å². The molecule has 33 heavy (non-hydrogen) atoms. The van der Waals surface area contributed by atoms with Crippen LogP contribution in [0.1, 0.15) is 11.3 Å². The van der Waals surface area contributed by atoms with E-state index in [0.717, 1.165) is 51.5 Å². The number of fused-ring (bicyclic) bond motifs is 3. The number of nitrogens with one attached hydrogen (secondary N) is 1. The lowest BCUT2D eigenvalue weighted by Gasteiger charge is -2.34. The molecule has 0 atom stereocenters. The third-order valence-electron chi connectivity index (χ3n) is 6.49. The number of rotatable bonds is 6. The Hall–Kier alpha value is -3.43. The summed E-state index contributed by atoms with van der Waals surface area (Å²) in [5, 5.41) is 0. The molecule has 0 aliphatic carbocycles. The zero-order valence-electron chi connectivity index (χ0n) is 19.1. The van der Waals surface area contributed by atoms with Gasteiger partial charge in [-0.15, -0.1) is 0 Å². The van der Waals surface area contributed by atoms with Gasteiger partial charge >= 0.3 is 5.69 Å². The first-order chi connectivity index (χ1) is 16.0. The van der Waals surface area contributed by atoms with Crippen LogP contribution in [0.2, 0.25) is 0 Å². The van der Waals surface area contributed by atoms with E-state index in [1.807, 2.05) is 19.2 Å². The first-order valence-electron chi connectivity index (χ1n) is 11.3. The molecule has 1 aliphatic heterocycles. The number of aryl methyl sites for hydroxylation is 2. The van der Waals surface area contributed by atoms with Gasteiger partial charge in [-0.3, -0.25) is 28.5 Å². The molecule has 4 heterocycles. The first kappa shape index (κ1) is 21.4. The maximum atomic E-state index is 12.4. The van der Waals surface area contributed by atoms with E-state index < -0.39 is 11.2 Å². The number of piperazine rings is 1. The van der Waals surface area contributed by atoms with Crippen LogP contribution in [0.3, 0.4) is 0 Å². The van der Waals surface area contributed by atoms with Crippen molar-refractivity contribution in [1.29, 1.82) is 0 Å². The summed E-state index contributed by atoms with van der Waals surface area (Å²) >= 11 is 0. The third kappa shape index (κ3) is 4.17. The van der Waals surface area contributed by atoms with E-state index in [4.69, 9.17) is 0 Å². The van der Waals surface area contributed by atoms with Gasteiger partial charge in [0.05, 0.1) is 0 Å². The lowest BCUT2D eigenvalue weighted by molar-refractivity contribution is 0.139. The van der Waals surface area contributed by atoms with Crippen LogP contribution in [0.5, 0.6) is 0 Å². The summed E-state index contributed by atoms with van der Waals surface area (Å²) in [4.78, 5) is 36.3. The molecule has 1 N–H and O–H groups in total. The average molecular weight is 448 g/mol. The van der Waals surface area contributed by atoms with Crippen LogP contribution in [-0.2, 0) is 13.6 Å². The molecule has 1 saturated heterocycles. The number of aromatic amines is 1. The number of H-pyrrole nitrogens is 1. The standard InChI is InChI=1S/C24H29N7O2/c1-18-17-31-20-21(27(2)24(33)26-22(20)32)25-23(31)30(18)16-15-29-13-11-28(12-14-29)10-6-9-19-7-4-3-5-8-19/h3-9,17H,10-16H2,1-2H3,(H,26,32,33). The van der Waals surface area contributed by atoms with Crippen molar-refractivity contribution in [3.05, 3.63) is 74.7 Å². The Balaban J connectivity index is 1.22. The molecule has 0 unspecified atom stereocenters. The Morgan fingerprint density at radius 1 is 1.03 bits per heavy atom. The second-order valence-electron chi connectivity index (χ2n) is 8.65. The number of hydrogen-bond donors (Lipinski definition) is 1. The van der Waals surface area contributed by atoms with Crippen LogP contribution >= 0.6 is 0 Å². The van der Waals surface area contributed by atoms with Crippen LogP contribution in [0.4, 0.5) is 0 Å². The minimum atomic E-state index is -0.451. The van der Waals surface area contributed by atoms with Gasteiger partial charge in [-0.2, -0.15) is 4.98 Å². The van der Waals surface area contributed by atoms with Gasteiger partial charge in [0.25, 0.3) is 5.56 Å². The van der Waals surface area contributed by atoms with Crippen molar-refractivity contribution in [2.75, 3.05) is 39.3 Å². The second-order valence-corrected chi connectivity index (χ2v) is 8.65. The van der Waals surface area contributed by atoms with E-state index in [0.29, 0.717) is 16.9 Å². The van der Waals surface area contributed by atoms with Crippen molar-refractivity contribution in [3.63, 3.8) is 0 Å². The topological polar surface area (TPSA) is 83.6 Å². The van der Waals surface area contributed by atoms with Crippen LogP contribution < -0.4 is 11.2 Å². The van der Waals surface area contributed by atoms with E-state index in [1.165, 1.54) is 10.1 Å². The number of benzene rings is 1. The molecule has 1 aromatic carbocycles. The quantitative estimate of drug-likeness (QED) is 0.482. The lowest BCUT2D eigenvalue weighted by Crippen LogP contribution is -2.47. The number of hydrogen-bond acceptors (Lipinski definition) is 5. The van der Waals surface area contributed by atoms with Crippen molar-refractivity contribution >= 4 is 23.0 Å². The predicted octanol–water partition coefficient (Wildman–Crippen LogP) is 1.32. The Labute approximate surface area is 191 Å². The van der Waals surface area contributed by atoms with Gasteiger partial charge in [0.15, 0.2) is 11.2 Å². The molecule has 9 heteroatoms. The van der Waals surface area contributed by atoms with Gasteiger partial charge in [-0.1, -0.05) is 42.5 Å². The zero-order chi connectivity index (χ0) is 22.9. The first-order valence-corrected chi connectivity index (χ1v) is 11.3. The highest BCUT2D eigenvalue weighted by atomic mass is 16.2. The molecule has 0 saturated carbocycles. The summed E-state index contributed by atoms with van der Waals surface area (Å²) in [6.45, 7) is 8.83. The summed E-state index contributed by atoms with van der Waals surface area (Å²) in [6, 6.07) is 10.4. The van der Waals surface area contributed by atoms with Crippen LogP contribution in [0.25, 0.3) is 23.0 Å². The molecule has 0 radical (unpaired) electrons. The maximum Gasteiger partial charge on any atom is 0.329 e. The molecule has 5 rings (SSSR count). The normalized spacial score (nSPS) is 15.9. The highest BCUT2D eigenvalue weighted by Crippen LogP contribution is 2.16. The second kappa shape index (κ2) is 8.84. The Morgan fingerprint density at radius 2 is 1.76 bits per heavy atom. The molecule has 4 aromatic rings. The van der Waals surface area contributed by atoms with Crippen molar-refractivity contribution in [1.82, 2.24) is 33.3 Å². The third-order valence-corrected chi connectivity index (χ3v) is 6.49. The summed E-state index contributed by atoms with van der Waals surface area (Å²) in [5.74, 6) is 0.693. The Kier molecular flexibility index (Phi) is 5.74. The number of nitrogens with zero attached hydrogens (tertiary/aromatic N) is 6. The van der Waals surface area contributed by atoms with Crippen LogP contribution in [0.15, 0.2) is 52.2 Å².